The molecule has 154 valence electrons. The molecular formula is C23H16ClN3O3S. The van der Waals surface area contributed by atoms with Crippen LogP contribution in [0.25, 0.3) is 0 Å². The average molecular weight is 450 g/mol. The highest BCUT2D eigenvalue weighted by atomic mass is 35.5. The molecule has 1 aliphatic rings. The molecule has 6 nitrogen and oxygen atoms in total. The van der Waals surface area contributed by atoms with Crippen LogP contribution in [-0.4, -0.2) is 22.8 Å². The van der Waals surface area contributed by atoms with Crippen LogP contribution in [0, 0.1) is 6.92 Å². The number of hydrogen-bond acceptors (Lipinski definition) is 4. The number of amides is 3. The van der Waals surface area contributed by atoms with Crippen molar-refractivity contribution in [2.24, 2.45) is 0 Å². The first kappa shape index (κ1) is 20.7. The Morgan fingerprint density at radius 3 is 2.26 bits per heavy atom. The number of thiocarbonyl (C=S) groups is 1. The van der Waals surface area contributed by atoms with Crippen LogP contribution < -0.4 is 15.5 Å². The summed E-state index contributed by atoms with van der Waals surface area (Å²) in [5.74, 6) is -1.18. The van der Waals surface area contributed by atoms with Crippen molar-refractivity contribution in [2.45, 2.75) is 6.92 Å². The molecular weight excluding hydrogens is 434 g/mol. The van der Waals surface area contributed by atoms with Gasteiger partial charge in [-0.05, 0) is 67.2 Å². The number of carbonyl (C=O) groups excluding carboxylic acids is 3. The molecule has 0 aromatic heterocycles. The predicted molar refractivity (Wildman–Crippen MR) is 124 cm³/mol. The molecule has 8 heteroatoms. The molecule has 0 saturated heterocycles. The van der Waals surface area contributed by atoms with Crippen molar-refractivity contribution in [1.29, 1.82) is 0 Å². The fourth-order valence-electron chi connectivity index (χ4n) is 3.22. The zero-order valence-corrected chi connectivity index (χ0v) is 17.9. The molecule has 0 spiro atoms. The highest BCUT2D eigenvalue weighted by Gasteiger charge is 2.36. The summed E-state index contributed by atoms with van der Waals surface area (Å²) in [5.41, 5.74) is 2.89. The molecule has 3 aromatic rings. The van der Waals surface area contributed by atoms with Crippen molar-refractivity contribution in [3.63, 3.8) is 0 Å². The van der Waals surface area contributed by atoms with Crippen molar-refractivity contribution < 1.29 is 14.4 Å². The van der Waals surface area contributed by atoms with E-state index in [9.17, 15) is 14.4 Å². The van der Waals surface area contributed by atoms with Gasteiger partial charge in [-0.25, -0.2) is 4.90 Å². The lowest BCUT2D eigenvalue weighted by Crippen LogP contribution is -2.34. The fourth-order valence-corrected chi connectivity index (χ4v) is 3.61. The summed E-state index contributed by atoms with van der Waals surface area (Å²) in [6.07, 6.45) is 0. The summed E-state index contributed by atoms with van der Waals surface area (Å²) in [5, 5.41) is 6.04. The predicted octanol–water partition coefficient (Wildman–Crippen LogP) is 4.58. The largest absolute Gasteiger partial charge is 0.332 e. The number of imide groups is 1. The number of carbonyl (C=O) groups is 3. The highest BCUT2D eigenvalue weighted by Crippen LogP contribution is 2.29. The third-order valence-corrected chi connectivity index (χ3v) is 5.43. The molecule has 0 aliphatic carbocycles. The first-order chi connectivity index (χ1) is 14.8. The van der Waals surface area contributed by atoms with Gasteiger partial charge in [0, 0.05) is 16.3 Å². The molecule has 0 unspecified atom stereocenters. The maximum absolute atomic E-state index is 12.7. The summed E-state index contributed by atoms with van der Waals surface area (Å²) >= 11 is 11.3. The molecule has 1 aliphatic heterocycles. The number of anilines is 2. The van der Waals surface area contributed by atoms with Crippen molar-refractivity contribution in [1.82, 2.24) is 5.32 Å². The zero-order valence-electron chi connectivity index (χ0n) is 16.3. The Morgan fingerprint density at radius 1 is 0.935 bits per heavy atom. The van der Waals surface area contributed by atoms with Crippen LogP contribution in [0.3, 0.4) is 0 Å². The van der Waals surface area contributed by atoms with Crippen LogP contribution in [0.5, 0.6) is 0 Å². The minimum absolute atomic E-state index is 0.0706. The summed E-state index contributed by atoms with van der Waals surface area (Å²) in [4.78, 5) is 38.9. The van der Waals surface area contributed by atoms with Gasteiger partial charge in [0.05, 0.1) is 16.8 Å². The Kier molecular flexibility index (Phi) is 5.54. The van der Waals surface area contributed by atoms with E-state index in [1.807, 2.05) is 6.92 Å². The maximum atomic E-state index is 12.7. The van der Waals surface area contributed by atoms with Crippen molar-refractivity contribution in [3.8, 4) is 0 Å². The van der Waals surface area contributed by atoms with Crippen molar-refractivity contribution >= 4 is 58.0 Å². The third kappa shape index (κ3) is 4.05. The van der Waals surface area contributed by atoms with E-state index in [0.717, 1.165) is 10.5 Å². The molecule has 0 saturated carbocycles. The molecule has 0 radical (unpaired) electrons. The Hall–Kier alpha value is -3.55. The zero-order chi connectivity index (χ0) is 22.1. The van der Waals surface area contributed by atoms with Gasteiger partial charge in [-0.1, -0.05) is 35.9 Å². The molecule has 1 heterocycles. The quantitative estimate of drug-likeness (QED) is 0.452. The number of nitrogens with zero attached hydrogens (tertiary/aromatic N) is 1. The van der Waals surface area contributed by atoms with Gasteiger partial charge in [-0.3, -0.25) is 19.7 Å². The molecule has 0 fully saturated rings. The Balaban J connectivity index is 1.48. The van der Waals surface area contributed by atoms with Gasteiger partial charge in [-0.2, -0.15) is 0 Å². The Bertz CT molecular complexity index is 1220. The molecule has 3 aromatic carbocycles. The molecule has 3 amide bonds. The van der Waals surface area contributed by atoms with E-state index in [-0.39, 0.29) is 16.9 Å². The van der Waals surface area contributed by atoms with Gasteiger partial charge in [0.25, 0.3) is 17.7 Å². The van der Waals surface area contributed by atoms with Crippen LogP contribution in [0.2, 0.25) is 5.02 Å². The van der Waals surface area contributed by atoms with Crippen LogP contribution in [0.1, 0.15) is 36.6 Å². The van der Waals surface area contributed by atoms with Crippen LogP contribution in [0.15, 0.2) is 66.7 Å². The first-order valence-corrected chi connectivity index (χ1v) is 10.1. The van der Waals surface area contributed by atoms with Gasteiger partial charge < -0.3 is 5.32 Å². The molecule has 2 N–H and O–H groups in total. The van der Waals surface area contributed by atoms with E-state index in [4.69, 9.17) is 23.8 Å². The van der Waals surface area contributed by atoms with Crippen LogP contribution in [0.4, 0.5) is 11.4 Å². The van der Waals surface area contributed by atoms with E-state index in [0.29, 0.717) is 33.1 Å². The van der Waals surface area contributed by atoms with Crippen LogP contribution in [-0.2, 0) is 0 Å². The number of rotatable bonds is 3. The lowest BCUT2D eigenvalue weighted by atomic mass is 10.1. The Labute approximate surface area is 188 Å². The number of benzene rings is 3. The van der Waals surface area contributed by atoms with Gasteiger partial charge >= 0.3 is 0 Å². The summed E-state index contributed by atoms with van der Waals surface area (Å²) in [6, 6.07) is 18.3. The van der Waals surface area contributed by atoms with E-state index in [1.165, 1.54) is 0 Å². The normalized spacial score (nSPS) is 12.5. The smallest absolute Gasteiger partial charge is 0.266 e. The maximum Gasteiger partial charge on any atom is 0.266 e. The second-order valence-electron chi connectivity index (χ2n) is 6.91. The lowest BCUT2D eigenvalue weighted by molar-refractivity contribution is 0.0924. The summed E-state index contributed by atoms with van der Waals surface area (Å²) in [7, 11) is 0. The SMILES string of the molecule is Cc1ccc(C(=O)NC(=S)Nc2cccc(N3C(=O)c4ccccc4C3=O)c2)cc1Cl. The van der Waals surface area contributed by atoms with Gasteiger partial charge in [0.1, 0.15) is 0 Å². The second-order valence-corrected chi connectivity index (χ2v) is 7.73. The van der Waals surface area contributed by atoms with Gasteiger partial charge in [0.2, 0.25) is 0 Å². The summed E-state index contributed by atoms with van der Waals surface area (Å²) < 4.78 is 0. The lowest BCUT2D eigenvalue weighted by Gasteiger charge is -2.16. The van der Waals surface area contributed by atoms with Gasteiger partial charge in [-0.15, -0.1) is 0 Å². The first-order valence-electron chi connectivity index (χ1n) is 9.31. The Morgan fingerprint density at radius 2 is 1.61 bits per heavy atom. The van der Waals surface area contributed by atoms with Gasteiger partial charge in [0.15, 0.2) is 5.11 Å². The minimum Gasteiger partial charge on any atom is -0.332 e. The van der Waals surface area contributed by atoms with E-state index >= 15 is 0 Å². The monoisotopic (exact) mass is 449 g/mol. The highest BCUT2D eigenvalue weighted by molar-refractivity contribution is 7.80. The van der Waals surface area contributed by atoms with Crippen molar-refractivity contribution in [2.75, 3.05) is 10.2 Å². The van der Waals surface area contributed by atoms with Crippen molar-refractivity contribution in [3.05, 3.63) is 94.0 Å². The van der Waals surface area contributed by atoms with Crippen LogP contribution >= 0.6 is 23.8 Å². The summed E-state index contributed by atoms with van der Waals surface area (Å²) in [6.45, 7) is 1.84. The number of hydrogen-bond donors (Lipinski definition) is 2. The second kappa shape index (κ2) is 8.29. The fraction of sp³-hybridized carbons (Fsp3) is 0.0435. The molecule has 31 heavy (non-hydrogen) atoms. The van der Waals surface area contributed by atoms with E-state index < -0.39 is 5.91 Å². The molecule has 0 atom stereocenters. The molecule has 4 rings (SSSR count). The number of fused-ring (bicyclic) bond motifs is 1. The standard InChI is InChI=1S/C23H16ClN3O3S/c1-13-9-10-14(11-19(13)24)20(28)26-23(31)25-15-5-4-6-16(12-15)27-21(29)17-7-2-3-8-18(17)22(27)30/h2-12H,1H3,(H2,25,26,28,31). The minimum atomic E-state index is -0.407. The van der Waals surface area contributed by atoms with E-state index in [2.05, 4.69) is 10.6 Å². The average Bonchev–Trinajstić information content (AvgIpc) is 3.00. The number of halogens is 1. The van der Waals surface area contributed by atoms with E-state index in [1.54, 1.807) is 66.7 Å². The number of aryl methyl sites for hydroxylation is 1. The molecule has 0 bridgehead atoms. The third-order valence-electron chi connectivity index (χ3n) is 4.82. The topological polar surface area (TPSA) is 78.5 Å². The number of nitrogens with one attached hydrogen (secondary N) is 2.